The molecular formula is C15H31IN4O. The van der Waals surface area contributed by atoms with Crippen LogP contribution in [0.5, 0.6) is 0 Å². The Balaban J connectivity index is 0.00000400. The highest BCUT2D eigenvalue weighted by atomic mass is 127. The molecule has 0 radical (unpaired) electrons. The molecule has 1 fully saturated rings. The molecule has 0 atom stereocenters. The second kappa shape index (κ2) is 10.2. The van der Waals surface area contributed by atoms with E-state index in [-0.39, 0.29) is 35.8 Å². The minimum Gasteiger partial charge on any atom is -0.356 e. The maximum Gasteiger partial charge on any atom is 0.222 e. The van der Waals surface area contributed by atoms with Gasteiger partial charge in [-0.15, -0.1) is 24.0 Å². The molecule has 0 bridgehead atoms. The minimum atomic E-state index is 0. The Labute approximate surface area is 146 Å². The quantitative estimate of drug-likeness (QED) is 0.261. The van der Waals surface area contributed by atoms with Gasteiger partial charge in [0, 0.05) is 32.6 Å². The smallest absolute Gasteiger partial charge is 0.222 e. The summed E-state index contributed by atoms with van der Waals surface area (Å²) in [4.78, 5) is 15.6. The fourth-order valence-corrected chi connectivity index (χ4v) is 2.39. The monoisotopic (exact) mass is 410 g/mol. The molecule has 1 rings (SSSR count). The molecule has 1 aliphatic rings. The van der Waals surface area contributed by atoms with E-state index in [1.807, 2.05) is 13.8 Å². The van der Waals surface area contributed by atoms with Crippen LogP contribution in [-0.2, 0) is 4.79 Å². The van der Waals surface area contributed by atoms with Gasteiger partial charge in [-0.2, -0.15) is 0 Å². The first-order valence-electron chi connectivity index (χ1n) is 7.75. The number of guanidine groups is 1. The van der Waals surface area contributed by atoms with Gasteiger partial charge in [-0.25, -0.2) is 0 Å². The molecule has 3 N–H and O–H groups in total. The molecule has 0 aromatic rings. The van der Waals surface area contributed by atoms with E-state index >= 15 is 0 Å². The van der Waals surface area contributed by atoms with E-state index in [1.165, 1.54) is 25.7 Å². The number of hydrogen-bond acceptors (Lipinski definition) is 2. The van der Waals surface area contributed by atoms with Crippen molar-refractivity contribution in [2.24, 2.45) is 16.3 Å². The van der Waals surface area contributed by atoms with Gasteiger partial charge in [-0.3, -0.25) is 9.79 Å². The van der Waals surface area contributed by atoms with Crippen molar-refractivity contribution in [2.45, 2.75) is 46.5 Å². The largest absolute Gasteiger partial charge is 0.356 e. The van der Waals surface area contributed by atoms with Gasteiger partial charge in [0.2, 0.25) is 5.91 Å². The van der Waals surface area contributed by atoms with E-state index in [0.29, 0.717) is 18.5 Å². The van der Waals surface area contributed by atoms with Gasteiger partial charge in [-0.1, -0.05) is 27.2 Å². The number of rotatable bonds is 7. The molecule has 0 aromatic carbocycles. The molecule has 1 saturated carbocycles. The maximum absolute atomic E-state index is 11.4. The second-order valence-corrected chi connectivity index (χ2v) is 6.01. The number of halogens is 1. The van der Waals surface area contributed by atoms with Gasteiger partial charge in [-0.05, 0) is 24.7 Å². The number of carbonyl (C=O) groups is 1. The van der Waals surface area contributed by atoms with Crippen molar-refractivity contribution in [3.05, 3.63) is 0 Å². The average Bonchev–Trinajstić information content (AvgIpc) is 2.39. The lowest BCUT2D eigenvalue weighted by Gasteiger charge is -2.41. The SMILES string of the molecule is CCC1(CNC(=NC)NCCNC(=O)C(C)C)CCC1.I. The molecule has 0 unspecified atom stereocenters. The van der Waals surface area contributed by atoms with Crippen LogP contribution < -0.4 is 16.0 Å². The Morgan fingerprint density at radius 1 is 1.19 bits per heavy atom. The molecule has 1 amide bonds. The van der Waals surface area contributed by atoms with E-state index in [1.54, 1.807) is 7.05 Å². The van der Waals surface area contributed by atoms with Crippen LogP contribution >= 0.6 is 24.0 Å². The van der Waals surface area contributed by atoms with Crippen molar-refractivity contribution in [1.29, 1.82) is 0 Å². The zero-order chi connectivity index (χ0) is 15.0. The highest BCUT2D eigenvalue weighted by Gasteiger charge is 2.34. The normalized spacial score (nSPS) is 16.7. The van der Waals surface area contributed by atoms with Gasteiger partial charge in [0.25, 0.3) is 0 Å². The Kier molecular flexibility index (Phi) is 9.98. The predicted octanol–water partition coefficient (Wildman–Crippen LogP) is 2.12. The molecule has 0 spiro atoms. The number of aliphatic imine (C=N–C) groups is 1. The molecule has 5 nitrogen and oxygen atoms in total. The van der Waals surface area contributed by atoms with Gasteiger partial charge in [0.1, 0.15) is 0 Å². The molecular weight excluding hydrogens is 379 g/mol. The van der Waals surface area contributed by atoms with E-state index < -0.39 is 0 Å². The summed E-state index contributed by atoms with van der Waals surface area (Å²) in [7, 11) is 1.78. The molecule has 21 heavy (non-hydrogen) atoms. The van der Waals surface area contributed by atoms with Crippen molar-refractivity contribution >= 4 is 35.8 Å². The van der Waals surface area contributed by atoms with Gasteiger partial charge >= 0.3 is 0 Å². The van der Waals surface area contributed by atoms with Crippen molar-refractivity contribution in [2.75, 3.05) is 26.7 Å². The van der Waals surface area contributed by atoms with Gasteiger partial charge in [0.05, 0.1) is 0 Å². The molecule has 0 aliphatic heterocycles. The summed E-state index contributed by atoms with van der Waals surface area (Å²) in [6.45, 7) is 8.35. The zero-order valence-corrected chi connectivity index (χ0v) is 16.1. The number of nitrogens with zero attached hydrogens (tertiary/aromatic N) is 1. The molecule has 1 aliphatic carbocycles. The van der Waals surface area contributed by atoms with E-state index in [4.69, 9.17) is 0 Å². The lowest BCUT2D eigenvalue weighted by atomic mass is 9.67. The Hall–Kier alpha value is -0.530. The van der Waals surface area contributed by atoms with Crippen LogP contribution in [0.4, 0.5) is 0 Å². The van der Waals surface area contributed by atoms with E-state index in [0.717, 1.165) is 12.5 Å². The number of carbonyl (C=O) groups excluding carboxylic acids is 1. The summed E-state index contributed by atoms with van der Waals surface area (Å²) in [5, 5.41) is 9.52. The Morgan fingerprint density at radius 3 is 2.24 bits per heavy atom. The fourth-order valence-electron chi connectivity index (χ4n) is 2.39. The average molecular weight is 410 g/mol. The summed E-state index contributed by atoms with van der Waals surface area (Å²) in [6.07, 6.45) is 5.21. The summed E-state index contributed by atoms with van der Waals surface area (Å²) in [6, 6.07) is 0. The molecule has 0 heterocycles. The van der Waals surface area contributed by atoms with Gasteiger partial charge < -0.3 is 16.0 Å². The van der Waals surface area contributed by atoms with Crippen molar-refractivity contribution in [3.63, 3.8) is 0 Å². The van der Waals surface area contributed by atoms with E-state index in [2.05, 4.69) is 27.9 Å². The lowest BCUT2D eigenvalue weighted by Crippen LogP contribution is -2.47. The zero-order valence-electron chi connectivity index (χ0n) is 13.8. The lowest BCUT2D eigenvalue weighted by molar-refractivity contribution is -0.123. The van der Waals surface area contributed by atoms with E-state index in [9.17, 15) is 4.79 Å². The van der Waals surface area contributed by atoms with Crippen LogP contribution in [0, 0.1) is 11.3 Å². The molecule has 0 saturated heterocycles. The third-order valence-electron chi connectivity index (χ3n) is 4.26. The van der Waals surface area contributed by atoms with Crippen molar-refractivity contribution in [3.8, 4) is 0 Å². The maximum atomic E-state index is 11.4. The minimum absolute atomic E-state index is 0. The van der Waals surface area contributed by atoms with Crippen molar-refractivity contribution < 1.29 is 4.79 Å². The third kappa shape index (κ3) is 6.84. The standard InChI is InChI=1S/C15H30N4O.HI/c1-5-15(7-6-8-15)11-19-14(16-4)18-10-9-17-13(20)12(2)3;/h12H,5-11H2,1-4H3,(H,17,20)(H2,16,18,19);1H. The first kappa shape index (κ1) is 20.5. The summed E-state index contributed by atoms with van der Waals surface area (Å²) >= 11 is 0. The van der Waals surface area contributed by atoms with Crippen molar-refractivity contribution in [1.82, 2.24) is 16.0 Å². The summed E-state index contributed by atoms with van der Waals surface area (Å²) in [5.74, 6) is 0.952. The summed E-state index contributed by atoms with van der Waals surface area (Å²) < 4.78 is 0. The van der Waals surface area contributed by atoms with Crippen LogP contribution in [0.15, 0.2) is 4.99 Å². The number of hydrogen-bond donors (Lipinski definition) is 3. The Bertz CT molecular complexity index is 335. The highest BCUT2D eigenvalue weighted by molar-refractivity contribution is 14.0. The van der Waals surface area contributed by atoms with Crippen LogP contribution in [0.25, 0.3) is 0 Å². The van der Waals surface area contributed by atoms with Crippen LogP contribution in [0.2, 0.25) is 0 Å². The summed E-state index contributed by atoms with van der Waals surface area (Å²) in [5.41, 5.74) is 0.476. The Morgan fingerprint density at radius 2 is 1.81 bits per heavy atom. The number of amides is 1. The highest BCUT2D eigenvalue weighted by Crippen LogP contribution is 2.42. The first-order valence-corrected chi connectivity index (χ1v) is 7.75. The van der Waals surface area contributed by atoms with Crippen LogP contribution in [-0.4, -0.2) is 38.5 Å². The van der Waals surface area contributed by atoms with Crippen LogP contribution in [0.3, 0.4) is 0 Å². The van der Waals surface area contributed by atoms with Crippen LogP contribution in [0.1, 0.15) is 46.5 Å². The molecule has 0 aromatic heterocycles. The fraction of sp³-hybridized carbons (Fsp3) is 0.867. The molecule has 6 heteroatoms. The first-order chi connectivity index (χ1) is 9.53. The molecule has 124 valence electrons. The van der Waals surface area contributed by atoms with Gasteiger partial charge in [0.15, 0.2) is 5.96 Å². The third-order valence-corrected chi connectivity index (χ3v) is 4.26. The second-order valence-electron chi connectivity index (χ2n) is 6.01. The number of nitrogens with one attached hydrogen (secondary N) is 3. The predicted molar refractivity (Wildman–Crippen MR) is 99.2 cm³/mol. The topological polar surface area (TPSA) is 65.5 Å².